The summed E-state index contributed by atoms with van der Waals surface area (Å²) in [6.45, 7) is 1.82. The third-order valence-electron chi connectivity index (χ3n) is 3.59. The molecule has 0 spiro atoms. The maximum absolute atomic E-state index is 9.00. The molecule has 0 aromatic heterocycles. The molecule has 0 atom stereocenters. The summed E-state index contributed by atoms with van der Waals surface area (Å²) in [5.41, 5.74) is 3.12. The highest BCUT2D eigenvalue weighted by molar-refractivity contribution is 5.52. The Bertz CT molecular complexity index is 737. The van der Waals surface area contributed by atoms with Gasteiger partial charge in [-0.15, -0.1) is 0 Å². The molecule has 1 aromatic rings. The highest BCUT2D eigenvalue weighted by Crippen LogP contribution is 2.24. The number of benzene rings is 1. The van der Waals surface area contributed by atoms with Crippen LogP contribution in [-0.4, -0.2) is 14.1 Å². The predicted octanol–water partition coefficient (Wildman–Crippen LogP) is 3.85. The van der Waals surface area contributed by atoms with Crippen molar-refractivity contribution in [3.05, 3.63) is 64.6 Å². The van der Waals surface area contributed by atoms with Crippen molar-refractivity contribution >= 4 is 5.69 Å². The lowest BCUT2D eigenvalue weighted by Gasteiger charge is -2.16. The predicted molar refractivity (Wildman–Crippen MR) is 90.3 cm³/mol. The minimum atomic E-state index is 0.112. The molecule has 1 aromatic carbocycles. The zero-order valence-electron chi connectivity index (χ0n) is 13.6. The number of hydrogen-bond acceptors (Lipinski definition) is 4. The van der Waals surface area contributed by atoms with Crippen molar-refractivity contribution < 1.29 is 4.74 Å². The van der Waals surface area contributed by atoms with Gasteiger partial charge in [-0.3, -0.25) is 0 Å². The Kier molecular flexibility index (Phi) is 5.23. The second-order valence-corrected chi connectivity index (χ2v) is 5.58. The number of nitriles is 2. The van der Waals surface area contributed by atoms with Gasteiger partial charge in [-0.05, 0) is 43.2 Å². The molecule has 23 heavy (non-hydrogen) atoms. The first-order valence-corrected chi connectivity index (χ1v) is 7.41. The molecule has 0 radical (unpaired) electrons. The summed E-state index contributed by atoms with van der Waals surface area (Å²) in [6, 6.07) is 12.2. The lowest BCUT2D eigenvalue weighted by molar-refractivity contribution is 0.287. The number of aryl methyl sites for hydroxylation is 1. The molecular weight excluding hydrogens is 286 g/mol. The molecule has 1 heterocycles. The average molecular weight is 305 g/mol. The molecule has 116 valence electrons. The zero-order valence-corrected chi connectivity index (χ0v) is 13.6. The summed E-state index contributed by atoms with van der Waals surface area (Å²) in [5.74, 6) is 1.48. The van der Waals surface area contributed by atoms with E-state index in [0.717, 1.165) is 18.6 Å². The van der Waals surface area contributed by atoms with E-state index < -0.39 is 0 Å². The summed E-state index contributed by atoms with van der Waals surface area (Å²) in [4.78, 5) is 2.06. The molecule has 0 bridgehead atoms. The lowest BCUT2D eigenvalue weighted by Crippen LogP contribution is -2.08. The van der Waals surface area contributed by atoms with Gasteiger partial charge in [0.1, 0.15) is 29.2 Å². The second kappa shape index (κ2) is 7.33. The van der Waals surface area contributed by atoms with Crippen molar-refractivity contribution in [1.29, 1.82) is 10.5 Å². The number of anilines is 1. The molecule has 0 saturated carbocycles. The molecule has 0 saturated heterocycles. The fraction of sp³-hybridized carbons (Fsp3) is 0.263. The first-order valence-electron chi connectivity index (χ1n) is 7.41. The molecule has 0 amide bonds. The third kappa shape index (κ3) is 4.25. The maximum atomic E-state index is 9.00. The Morgan fingerprint density at radius 2 is 1.70 bits per heavy atom. The summed E-state index contributed by atoms with van der Waals surface area (Å²) in [6.07, 6.45) is 5.06. The van der Waals surface area contributed by atoms with Crippen molar-refractivity contribution in [2.24, 2.45) is 0 Å². The van der Waals surface area contributed by atoms with Crippen molar-refractivity contribution in [3.8, 4) is 12.1 Å². The SMILES string of the molecule is CC1=CC(=C(C#N)C#N)C=C(CCc2ccc(N(C)C)cc2)O1. The fourth-order valence-corrected chi connectivity index (χ4v) is 2.35. The van der Waals surface area contributed by atoms with Crippen LogP contribution < -0.4 is 4.90 Å². The van der Waals surface area contributed by atoms with Crippen molar-refractivity contribution in [3.63, 3.8) is 0 Å². The van der Waals surface area contributed by atoms with Gasteiger partial charge in [0.15, 0.2) is 0 Å². The molecule has 0 aliphatic carbocycles. The van der Waals surface area contributed by atoms with Crippen LogP contribution >= 0.6 is 0 Å². The molecule has 0 fully saturated rings. The largest absolute Gasteiger partial charge is 0.466 e. The van der Waals surface area contributed by atoms with Crippen LogP contribution in [0.5, 0.6) is 0 Å². The highest BCUT2D eigenvalue weighted by atomic mass is 16.5. The Labute approximate surface area is 137 Å². The van der Waals surface area contributed by atoms with Gasteiger partial charge in [0.05, 0.1) is 0 Å². The van der Waals surface area contributed by atoms with Crippen LogP contribution in [0.15, 0.2) is 59.1 Å². The van der Waals surface area contributed by atoms with E-state index in [4.69, 9.17) is 15.3 Å². The van der Waals surface area contributed by atoms with Crippen molar-refractivity contribution in [2.75, 3.05) is 19.0 Å². The Morgan fingerprint density at radius 3 is 2.26 bits per heavy atom. The van der Waals surface area contributed by atoms with E-state index in [1.807, 2.05) is 33.2 Å². The van der Waals surface area contributed by atoms with E-state index in [1.165, 1.54) is 11.3 Å². The van der Waals surface area contributed by atoms with Gasteiger partial charge in [0, 0.05) is 31.8 Å². The summed E-state index contributed by atoms with van der Waals surface area (Å²) in [5, 5.41) is 18.0. The first-order chi connectivity index (χ1) is 11.0. The molecule has 1 aliphatic rings. The quantitative estimate of drug-likeness (QED) is 0.793. The Balaban J connectivity index is 2.10. The normalized spacial score (nSPS) is 13.2. The molecule has 1 aliphatic heterocycles. The van der Waals surface area contributed by atoms with Gasteiger partial charge in [-0.25, -0.2) is 0 Å². The van der Waals surface area contributed by atoms with E-state index in [1.54, 1.807) is 12.2 Å². The molecule has 0 unspecified atom stereocenters. The lowest BCUT2D eigenvalue weighted by atomic mass is 10.0. The minimum Gasteiger partial charge on any atom is -0.466 e. The molecule has 2 rings (SSSR count). The van der Waals surface area contributed by atoms with E-state index in [2.05, 4.69) is 29.2 Å². The Hall–Kier alpha value is -2.98. The Morgan fingerprint density at radius 1 is 1.04 bits per heavy atom. The van der Waals surface area contributed by atoms with Gasteiger partial charge in [0.25, 0.3) is 0 Å². The van der Waals surface area contributed by atoms with Gasteiger partial charge < -0.3 is 9.64 Å². The highest BCUT2D eigenvalue weighted by Gasteiger charge is 2.12. The van der Waals surface area contributed by atoms with Crippen LogP contribution in [0, 0.1) is 22.7 Å². The fourth-order valence-electron chi connectivity index (χ4n) is 2.35. The van der Waals surface area contributed by atoms with E-state index in [-0.39, 0.29) is 5.57 Å². The number of nitrogens with zero attached hydrogens (tertiary/aromatic N) is 3. The van der Waals surface area contributed by atoms with E-state index in [9.17, 15) is 0 Å². The molecule has 0 N–H and O–H groups in total. The minimum absolute atomic E-state index is 0.112. The first kappa shape index (κ1) is 16.4. The number of ether oxygens (including phenoxy) is 1. The van der Waals surface area contributed by atoms with Crippen LogP contribution in [0.1, 0.15) is 18.9 Å². The molecular formula is C19H19N3O. The van der Waals surface area contributed by atoms with Crippen LogP contribution in [0.25, 0.3) is 0 Å². The maximum Gasteiger partial charge on any atom is 0.137 e. The summed E-state index contributed by atoms with van der Waals surface area (Å²) in [7, 11) is 4.03. The zero-order chi connectivity index (χ0) is 16.8. The summed E-state index contributed by atoms with van der Waals surface area (Å²) >= 11 is 0. The van der Waals surface area contributed by atoms with Crippen LogP contribution in [0.3, 0.4) is 0 Å². The summed E-state index contributed by atoms with van der Waals surface area (Å²) < 4.78 is 5.70. The topological polar surface area (TPSA) is 60.0 Å². The number of allylic oxidation sites excluding steroid dienone is 6. The van der Waals surface area contributed by atoms with Crippen LogP contribution in [-0.2, 0) is 11.2 Å². The van der Waals surface area contributed by atoms with Gasteiger partial charge in [0.2, 0.25) is 0 Å². The van der Waals surface area contributed by atoms with Crippen molar-refractivity contribution in [2.45, 2.75) is 19.8 Å². The van der Waals surface area contributed by atoms with Crippen LogP contribution in [0.2, 0.25) is 0 Å². The smallest absolute Gasteiger partial charge is 0.137 e. The molecule has 4 heteroatoms. The van der Waals surface area contributed by atoms with Crippen LogP contribution in [0.4, 0.5) is 5.69 Å². The van der Waals surface area contributed by atoms with Gasteiger partial charge in [-0.2, -0.15) is 10.5 Å². The third-order valence-corrected chi connectivity index (χ3v) is 3.59. The molecule has 4 nitrogen and oxygen atoms in total. The van der Waals surface area contributed by atoms with Gasteiger partial charge in [-0.1, -0.05) is 12.1 Å². The van der Waals surface area contributed by atoms with E-state index in [0.29, 0.717) is 11.3 Å². The van der Waals surface area contributed by atoms with Crippen molar-refractivity contribution in [1.82, 2.24) is 0 Å². The number of hydrogen-bond donors (Lipinski definition) is 0. The monoisotopic (exact) mass is 305 g/mol. The standard InChI is InChI=1S/C19H19N3O/c1-14-10-16(17(12-20)13-21)11-19(23-14)9-6-15-4-7-18(8-5-15)22(2)3/h4-5,7-8,10-11H,6,9H2,1-3H3. The number of rotatable bonds is 4. The van der Waals surface area contributed by atoms with E-state index >= 15 is 0 Å². The van der Waals surface area contributed by atoms with Gasteiger partial charge >= 0.3 is 0 Å². The average Bonchev–Trinajstić information content (AvgIpc) is 2.54. The second-order valence-electron chi connectivity index (χ2n) is 5.58.